The number of aryl methyl sites for hydroxylation is 1. The van der Waals surface area contributed by atoms with Crippen molar-refractivity contribution in [2.75, 3.05) is 26.7 Å². The molecule has 0 aliphatic carbocycles. The quantitative estimate of drug-likeness (QED) is 0.245. The Bertz CT molecular complexity index is 845. The van der Waals surface area contributed by atoms with Crippen LogP contribution in [0.15, 0.2) is 53.5 Å². The van der Waals surface area contributed by atoms with Crippen LogP contribution < -0.4 is 25.4 Å². The number of rotatable bonds is 10. The minimum absolute atomic E-state index is 0. The number of nitrogens with zero attached hydrogens (tertiary/aromatic N) is 1. The summed E-state index contributed by atoms with van der Waals surface area (Å²) in [5.74, 6) is 2.07. The first kappa shape index (κ1) is 26.5. The predicted molar refractivity (Wildman–Crippen MR) is 136 cm³/mol. The molecule has 8 heteroatoms. The minimum atomic E-state index is -0.132. The standard InChI is InChI=1S/C23H32N4O3.HI/c1-5-25-22(28)16-29-20-10-7-9-19(13-20)15-27-23(24-4)26-14-18(3)30-21-11-6-8-17(2)12-21;/h6-13,18H,5,14-16H2,1-4H3,(H,25,28)(H2,24,26,27);1H. The van der Waals surface area contributed by atoms with Crippen LogP contribution in [0.4, 0.5) is 0 Å². The van der Waals surface area contributed by atoms with Crippen LogP contribution in [-0.4, -0.2) is 44.7 Å². The Hall–Kier alpha value is -2.49. The molecule has 0 bridgehead atoms. The van der Waals surface area contributed by atoms with Gasteiger partial charge in [0, 0.05) is 20.1 Å². The lowest BCUT2D eigenvalue weighted by Gasteiger charge is -2.18. The first-order chi connectivity index (χ1) is 14.5. The molecule has 0 radical (unpaired) electrons. The lowest BCUT2D eigenvalue weighted by molar-refractivity contribution is -0.122. The summed E-state index contributed by atoms with van der Waals surface area (Å²) >= 11 is 0. The van der Waals surface area contributed by atoms with Crippen molar-refractivity contribution in [2.45, 2.75) is 33.4 Å². The van der Waals surface area contributed by atoms with Crippen LogP contribution in [0.1, 0.15) is 25.0 Å². The molecule has 2 aromatic carbocycles. The van der Waals surface area contributed by atoms with Crippen molar-refractivity contribution in [1.29, 1.82) is 0 Å². The maximum atomic E-state index is 11.5. The van der Waals surface area contributed by atoms with Crippen LogP contribution in [-0.2, 0) is 11.3 Å². The number of benzene rings is 2. The van der Waals surface area contributed by atoms with Crippen molar-refractivity contribution in [3.63, 3.8) is 0 Å². The zero-order chi connectivity index (χ0) is 21.8. The number of amides is 1. The van der Waals surface area contributed by atoms with E-state index in [0.29, 0.717) is 31.3 Å². The van der Waals surface area contributed by atoms with Crippen LogP contribution in [0.3, 0.4) is 0 Å². The largest absolute Gasteiger partial charge is 0.489 e. The number of hydrogen-bond acceptors (Lipinski definition) is 4. The Kier molecular flexibility index (Phi) is 12.4. The summed E-state index contributed by atoms with van der Waals surface area (Å²) in [6.45, 7) is 7.72. The summed E-state index contributed by atoms with van der Waals surface area (Å²) in [5.41, 5.74) is 2.19. The fourth-order valence-electron chi connectivity index (χ4n) is 2.75. The summed E-state index contributed by atoms with van der Waals surface area (Å²) in [6.07, 6.45) is -0.0173. The molecular weight excluding hydrogens is 507 g/mol. The normalized spacial score (nSPS) is 11.7. The fraction of sp³-hybridized carbons (Fsp3) is 0.391. The van der Waals surface area contributed by atoms with Gasteiger partial charge >= 0.3 is 0 Å². The van der Waals surface area contributed by atoms with Crippen LogP contribution in [0, 0.1) is 6.92 Å². The molecule has 0 saturated heterocycles. The van der Waals surface area contributed by atoms with Gasteiger partial charge in [0.15, 0.2) is 12.6 Å². The molecular formula is C23H33IN4O3. The summed E-state index contributed by atoms with van der Waals surface area (Å²) in [4.78, 5) is 15.8. The molecule has 31 heavy (non-hydrogen) atoms. The molecule has 0 aromatic heterocycles. The Balaban J connectivity index is 0.00000480. The van der Waals surface area contributed by atoms with Crippen LogP contribution in [0.5, 0.6) is 11.5 Å². The third-order valence-corrected chi connectivity index (χ3v) is 4.21. The van der Waals surface area contributed by atoms with Gasteiger partial charge in [0.1, 0.15) is 17.6 Å². The van der Waals surface area contributed by atoms with E-state index in [1.54, 1.807) is 7.05 Å². The van der Waals surface area contributed by atoms with E-state index < -0.39 is 0 Å². The first-order valence-electron chi connectivity index (χ1n) is 10.2. The van der Waals surface area contributed by atoms with Crippen molar-refractivity contribution >= 4 is 35.8 Å². The van der Waals surface area contributed by atoms with E-state index in [1.165, 1.54) is 5.56 Å². The van der Waals surface area contributed by atoms with Gasteiger partial charge < -0.3 is 25.4 Å². The zero-order valence-electron chi connectivity index (χ0n) is 18.6. The Labute approximate surface area is 202 Å². The van der Waals surface area contributed by atoms with Crippen molar-refractivity contribution in [1.82, 2.24) is 16.0 Å². The zero-order valence-corrected chi connectivity index (χ0v) is 20.9. The second kappa shape index (κ2) is 14.5. The van der Waals surface area contributed by atoms with E-state index >= 15 is 0 Å². The second-order valence-electron chi connectivity index (χ2n) is 6.94. The molecule has 0 heterocycles. The van der Waals surface area contributed by atoms with E-state index in [1.807, 2.05) is 69.3 Å². The number of halogens is 1. The highest BCUT2D eigenvalue weighted by molar-refractivity contribution is 14.0. The fourth-order valence-corrected chi connectivity index (χ4v) is 2.75. The van der Waals surface area contributed by atoms with E-state index in [2.05, 4.69) is 20.9 Å². The summed E-state index contributed by atoms with van der Waals surface area (Å²) in [5, 5.41) is 9.26. The molecule has 1 unspecified atom stereocenters. The van der Waals surface area contributed by atoms with Gasteiger partial charge in [-0.2, -0.15) is 0 Å². The van der Waals surface area contributed by atoms with E-state index in [9.17, 15) is 4.79 Å². The molecule has 0 spiro atoms. The first-order valence-corrected chi connectivity index (χ1v) is 10.2. The Morgan fingerprint density at radius 2 is 1.81 bits per heavy atom. The van der Waals surface area contributed by atoms with Crippen LogP contribution in [0.25, 0.3) is 0 Å². The number of carbonyl (C=O) groups excluding carboxylic acids is 1. The molecule has 0 aliphatic rings. The Morgan fingerprint density at radius 3 is 2.52 bits per heavy atom. The monoisotopic (exact) mass is 540 g/mol. The predicted octanol–water partition coefficient (Wildman–Crippen LogP) is 3.26. The highest BCUT2D eigenvalue weighted by Crippen LogP contribution is 2.14. The topological polar surface area (TPSA) is 84.0 Å². The lowest BCUT2D eigenvalue weighted by Crippen LogP contribution is -2.41. The smallest absolute Gasteiger partial charge is 0.257 e. The number of nitrogens with one attached hydrogen (secondary N) is 3. The van der Waals surface area contributed by atoms with Crippen molar-refractivity contribution in [3.8, 4) is 11.5 Å². The number of ether oxygens (including phenoxy) is 2. The van der Waals surface area contributed by atoms with Gasteiger partial charge in [0.25, 0.3) is 5.91 Å². The van der Waals surface area contributed by atoms with Crippen molar-refractivity contribution < 1.29 is 14.3 Å². The second-order valence-corrected chi connectivity index (χ2v) is 6.94. The summed E-state index contributed by atoms with van der Waals surface area (Å²) in [7, 11) is 1.73. The minimum Gasteiger partial charge on any atom is -0.489 e. The molecule has 1 amide bonds. The summed E-state index contributed by atoms with van der Waals surface area (Å²) in [6, 6.07) is 15.6. The summed E-state index contributed by atoms with van der Waals surface area (Å²) < 4.78 is 11.5. The van der Waals surface area contributed by atoms with Gasteiger partial charge in [0.2, 0.25) is 0 Å². The van der Waals surface area contributed by atoms with Gasteiger partial charge in [-0.3, -0.25) is 9.79 Å². The van der Waals surface area contributed by atoms with Crippen molar-refractivity contribution in [2.24, 2.45) is 4.99 Å². The Morgan fingerprint density at radius 1 is 1.06 bits per heavy atom. The molecule has 3 N–H and O–H groups in total. The molecule has 2 rings (SSSR count). The molecule has 2 aromatic rings. The number of aliphatic imine (C=N–C) groups is 1. The molecule has 7 nitrogen and oxygen atoms in total. The van der Waals surface area contributed by atoms with E-state index in [0.717, 1.165) is 11.3 Å². The maximum Gasteiger partial charge on any atom is 0.257 e. The van der Waals surface area contributed by atoms with Gasteiger partial charge in [0.05, 0.1) is 6.54 Å². The third kappa shape index (κ3) is 10.4. The van der Waals surface area contributed by atoms with Crippen molar-refractivity contribution in [3.05, 3.63) is 59.7 Å². The van der Waals surface area contributed by atoms with E-state index in [4.69, 9.17) is 9.47 Å². The average Bonchev–Trinajstić information content (AvgIpc) is 2.73. The van der Waals surface area contributed by atoms with Gasteiger partial charge in [-0.25, -0.2) is 0 Å². The highest BCUT2D eigenvalue weighted by atomic mass is 127. The van der Waals surface area contributed by atoms with Gasteiger partial charge in [-0.05, 0) is 56.2 Å². The van der Waals surface area contributed by atoms with Crippen LogP contribution >= 0.6 is 24.0 Å². The average molecular weight is 540 g/mol. The molecule has 0 saturated carbocycles. The number of likely N-dealkylation sites (N-methyl/N-ethyl adjacent to an activating group) is 1. The van der Waals surface area contributed by atoms with Gasteiger partial charge in [-0.1, -0.05) is 24.3 Å². The third-order valence-electron chi connectivity index (χ3n) is 4.21. The number of carbonyl (C=O) groups is 1. The molecule has 1 atom stereocenters. The SMILES string of the molecule is CCNC(=O)COc1cccc(CNC(=NC)NCC(C)Oc2cccc(C)c2)c1.I. The molecule has 0 fully saturated rings. The number of guanidine groups is 1. The highest BCUT2D eigenvalue weighted by Gasteiger charge is 2.07. The molecule has 170 valence electrons. The van der Waals surface area contributed by atoms with E-state index in [-0.39, 0.29) is 42.6 Å². The lowest BCUT2D eigenvalue weighted by atomic mass is 10.2. The van der Waals surface area contributed by atoms with Crippen LogP contribution in [0.2, 0.25) is 0 Å². The molecule has 0 aliphatic heterocycles. The number of hydrogen-bond donors (Lipinski definition) is 3. The maximum absolute atomic E-state index is 11.5. The van der Waals surface area contributed by atoms with Gasteiger partial charge in [-0.15, -0.1) is 24.0 Å².